The van der Waals surface area contributed by atoms with Crippen LogP contribution in [0.5, 0.6) is 0 Å². The highest BCUT2D eigenvalue weighted by molar-refractivity contribution is 4.84. The van der Waals surface area contributed by atoms with E-state index in [-0.39, 0.29) is 0 Å². The first-order chi connectivity index (χ1) is 6.66. The van der Waals surface area contributed by atoms with Crippen molar-refractivity contribution in [1.82, 2.24) is 10.6 Å². The first-order valence-corrected chi connectivity index (χ1v) is 6.10. The Bertz CT molecular complexity index is 175. The van der Waals surface area contributed by atoms with E-state index in [0.29, 0.717) is 5.41 Å². The quantitative estimate of drug-likeness (QED) is 0.719. The molecule has 0 bridgehead atoms. The number of hydrogen-bond acceptors (Lipinski definition) is 2. The van der Waals surface area contributed by atoms with Gasteiger partial charge in [-0.2, -0.15) is 0 Å². The number of rotatable bonds is 3. The normalized spacial score (nSPS) is 28.7. The fourth-order valence-electron chi connectivity index (χ4n) is 2.43. The molecule has 2 nitrogen and oxygen atoms in total. The van der Waals surface area contributed by atoms with Crippen LogP contribution in [0.15, 0.2) is 0 Å². The molecule has 0 atom stereocenters. The SMILES string of the molecule is CC1(C)CCC(CNC2CNC2)CC1. The molecule has 0 amide bonds. The molecular weight excluding hydrogens is 172 g/mol. The predicted molar refractivity (Wildman–Crippen MR) is 60.4 cm³/mol. The third-order valence-electron chi connectivity index (χ3n) is 3.94. The first kappa shape index (κ1) is 10.4. The van der Waals surface area contributed by atoms with Crippen LogP contribution >= 0.6 is 0 Å². The second-order valence-corrected chi connectivity index (χ2v) is 5.87. The van der Waals surface area contributed by atoms with Crippen LogP contribution in [0.4, 0.5) is 0 Å². The second kappa shape index (κ2) is 4.19. The van der Waals surface area contributed by atoms with Crippen LogP contribution < -0.4 is 10.6 Å². The molecule has 0 radical (unpaired) electrons. The maximum atomic E-state index is 3.65. The van der Waals surface area contributed by atoms with Crippen LogP contribution in [0.3, 0.4) is 0 Å². The summed E-state index contributed by atoms with van der Waals surface area (Å²) < 4.78 is 0. The molecule has 0 aromatic carbocycles. The van der Waals surface area contributed by atoms with Gasteiger partial charge in [-0.3, -0.25) is 0 Å². The van der Waals surface area contributed by atoms with Gasteiger partial charge in [-0.1, -0.05) is 13.8 Å². The molecular formula is C12H24N2. The summed E-state index contributed by atoms with van der Waals surface area (Å²) >= 11 is 0. The summed E-state index contributed by atoms with van der Waals surface area (Å²) in [7, 11) is 0. The molecule has 2 aliphatic rings. The van der Waals surface area contributed by atoms with Crippen molar-refractivity contribution in [2.75, 3.05) is 19.6 Å². The van der Waals surface area contributed by atoms with Crippen molar-refractivity contribution in [3.8, 4) is 0 Å². The Morgan fingerprint density at radius 3 is 2.36 bits per heavy atom. The van der Waals surface area contributed by atoms with Crippen molar-refractivity contribution in [1.29, 1.82) is 0 Å². The minimum atomic E-state index is 0.620. The van der Waals surface area contributed by atoms with Crippen LogP contribution in [-0.4, -0.2) is 25.7 Å². The van der Waals surface area contributed by atoms with Crippen molar-refractivity contribution in [3.05, 3.63) is 0 Å². The van der Waals surface area contributed by atoms with Gasteiger partial charge in [0.15, 0.2) is 0 Å². The van der Waals surface area contributed by atoms with E-state index >= 15 is 0 Å². The zero-order valence-corrected chi connectivity index (χ0v) is 9.60. The highest BCUT2D eigenvalue weighted by Gasteiger charge is 2.27. The Kier molecular flexibility index (Phi) is 3.13. The Labute approximate surface area is 87.8 Å². The van der Waals surface area contributed by atoms with E-state index in [0.717, 1.165) is 12.0 Å². The lowest BCUT2D eigenvalue weighted by Crippen LogP contribution is -2.56. The van der Waals surface area contributed by atoms with Gasteiger partial charge >= 0.3 is 0 Å². The van der Waals surface area contributed by atoms with E-state index in [1.165, 1.54) is 45.3 Å². The Balaban J connectivity index is 1.63. The summed E-state index contributed by atoms with van der Waals surface area (Å²) in [6, 6.07) is 0.768. The van der Waals surface area contributed by atoms with Gasteiger partial charge in [0.2, 0.25) is 0 Å². The van der Waals surface area contributed by atoms with E-state index in [4.69, 9.17) is 0 Å². The van der Waals surface area contributed by atoms with E-state index < -0.39 is 0 Å². The lowest BCUT2D eigenvalue weighted by molar-refractivity contribution is 0.182. The largest absolute Gasteiger partial charge is 0.314 e. The molecule has 1 aliphatic carbocycles. The molecule has 2 heteroatoms. The van der Waals surface area contributed by atoms with Crippen molar-refractivity contribution in [3.63, 3.8) is 0 Å². The summed E-state index contributed by atoms with van der Waals surface area (Å²) in [6.45, 7) is 8.43. The van der Waals surface area contributed by atoms with Gasteiger partial charge in [-0.15, -0.1) is 0 Å². The highest BCUT2D eigenvalue weighted by Crippen LogP contribution is 2.37. The fraction of sp³-hybridized carbons (Fsp3) is 1.00. The molecule has 1 aliphatic heterocycles. The maximum Gasteiger partial charge on any atom is 0.0317 e. The topological polar surface area (TPSA) is 24.1 Å². The minimum absolute atomic E-state index is 0.620. The Hall–Kier alpha value is -0.0800. The summed E-state index contributed by atoms with van der Waals surface area (Å²) in [5.74, 6) is 0.948. The van der Waals surface area contributed by atoms with Crippen LogP contribution in [0, 0.1) is 11.3 Å². The van der Waals surface area contributed by atoms with Gasteiger partial charge in [-0.05, 0) is 43.6 Å². The van der Waals surface area contributed by atoms with Crippen LogP contribution in [0.25, 0.3) is 0 Å². The predicted octanol–water partition coefficient (Wildman–Crippen LogP) is 1.76. The molecule has 82 valence electrons. The summed E-state index contributed by atoms with van der Waals surface area (Å²) in [6.07, 6.45) is 5.70. The van der Waals surface area contributed by atoms with Gasteiger partial charge in [0.1, 0.15) is 0 Å². The molecule has 0 aromatic rings. The van der Waals surface area contributed by atoms with Crippen LogP contribution in [-0.2, 0) is 0 Å². The summed E-state index contributed by atoms with van der Waals surface area (Å²) in [5.41, 5.74) is 0.620. The Morgan fingerprint density at radius 1 is 1.21 bits per heavy atom. The molecule has 0 unspecified atom stereocenters. The van der Waals surface area contributed by atoms with Gasteiger partial charge in [0.05, 0.1) is 0 Å². The molecule has 14 heavy (non-hydrogen) atoms. The van der Waals surface area contributed by atoms with Crippen molar-refractivity contribution < 1.29 is 0 Å². The third kappa shape index (κ3) is 2.71. The van der Waals surface area contributed by atoms with Gasteiger partial charge in [0, 0.05) is 19.1 Å². The van der Waals surface area contributed by atoms with Crippen molar-refractivity contribution in [2.24, 2.45) is 11.3 Å². The average molecular weight is 196 g/mol. The molecule has 0 spiro atoms. The maximum absolute atomic E-state index is 3.65. The lowest BCUT2D eigenvalue weighted by Gasteiger charge is -2.36. The van der Waals surface area contributed by atoms with Crippen LogP contribution in [0.1, 0.15) is 39.5 Å². The standard InChI is InChI=1S/C12H24N2/c1-12(2)5-3-10(4-6-12)7-14-11-8-13-9-11/h10-11,13-14H,3-9H2,1-2H3. The van der Waals surface area contributed by atoms with Crippen molar-refractivity contribution >= 4 is 0 Å². The van der Waals surface area contributed by atoms with E-state index in [9.17, 15) is 0 Å². The van der Waals surface area contributed by atoms with E-state index in [2.05, 4.69) is 24.5 Å². The smallest absolute Gasteiger partial charge is 0.0317 e. The van der Waals surface area contributed by atoms with E-state index in [1.807, 2.05) is 0 Å². The molecule has 2 N–H and O–H groups in total. The average Bonchev–Trinajstić information content (AvgIpc) is 2.05. The zero-order chi connectivity index (χ0) is 10.0. The lowest BCUT2D eigenvalue weighted by atomic mass is 9.73. The molecule has 1 saturated carbocycles. The van der Waals surface area contributed by atoms with Gasteiger partial charge in [0.25, 0.3) is 0 Å². The molecule has 1 saturated heterocycles. The third-order valence-corrected chi connectivity index (χ3v) is 3.94. The second-order valence-electron chi connectivity index (χ2n) is 5.87. The molecule has 0 aromatic heterocycles. The molecule has 2 fully saturated rings. The molecule has 1 heterocycles. The fourth-order valence-corrected chi connectivity index (χ4v) is 2.43. The zero-order valence-electron chi connectivity index (χ0n) is 9.60. The van der Waals surface area contributed by atoms with Gasteiger partial charge < -0.3 is 10.6 Å². The van der Waals surface area contributed by atoms with E-state index in [1.54, 1.807) is 0 Å². The number of hydrogen-bond donors (Lipinski definition) is 2. The first-order valence-electron chi connectivity index (χ1n) is 6.10. The Morgan fingerprint density at radius 2 is 1.86 bits per heavy atom. The summed E-state index contributed by atoms with van der Waals surface area (Å²) in [5, 5.41) is 6.95. The van der Waals surface area contributed by atoms with Crippen LogP contribution in [0.2, 0.25) is 0 Å². The van der Waals surface area contributed by atoms with Crippen molar-refractivity contribution in [2.45, 2.75) is 45.6 Å². The summed E-state index contributed by atoms with van der Waals surface area (Å²) in [4.78, 5) is 0. The highest BCUT2D eigenvalue weighted by atomic mass is 15.1. The minimum Gasteiger partial charge on any atom is -0.314 e. The molecule has 2 rings (SSSR count). The number of nitrogens with one attached hydrogen (secondary N) is 2. The monoisotopic (exact) mass is 196 g/mol. The van der Waals surface area contributed by atoms with Gasteiger partial charge in [-0.25, -0.2) is 0 Å².